The molecule has 24 heavy (non-hydrogen) atoms. The van der Waals surface area contributed by atoms with Gasteiger partial charge < -0.3 is 9.15 Å². The summed E-state index contributed by atoms with van der Waals surface area (Å²) in [6.07, 6.45) is 2.12. The molecule has 1 aromatic heterocycles. The Hall–Kier alpha value is -2.44. The second kappa shape index (κ2) is 6.98. The van der Waals surface area contributed by atoms with Gasteiger partial charge in [0, 0.05) is 13.5 Å². The van der Waals surface area contributed by atoms with Gasteiger partial charge >= 0.3 is 6.09 Å². The lowest BCUT2D eigenvalue weighted by molar-refractivity contribution is -0.120. The van der Waals surface area contributed by atoms with Gasteiger partial charge in [0.15, 0.2) is 5.76 Å². The van der Waals surface area contributed by atoms with E-state index >= 15 is 0 Å². The van der Waals surface area contributed by atoms with Crippen LogP contribution in [-0.4, -0.2) is 41.0 Å². The van der Waals surface area contributed by atoms with Crippen LogP contribution in [0.5, 0.6) is 0 Å². The maximum Gasteiger partial charge on any atom is 0.430 e. The Morgan fingerprint density at radius 2 is 2.04 bits per heavy atom. The van der Waals surface area contributed by atoms with Gasteiger partial charge in [-0.25, -0.2) is 9.80 Å². The standard InChI is InChI=1S/C17H22N2O5/c1-17(2,3)24-16(22)19(4)18-11-7-5-8-12(20)14(11)15(21)13-9-6-10-23-13/h6,9-10,14H,5,7-8H2,1-4H3/b18-11+. The Balaban J connectivity index is 2.23. The van der Waals surface area contributed by atoms with Crippen LogP contribution in [0.3, 0.4) is 0 Å². The van der Waals surface area contributed by atoms with Crippen molar-refractivity contribution in [1.29, 1.82) is 0 Å². The van der Waals surface area contributed by atoms with Crippen molar-refractivity contribution in [1.82, 2.24) is 5.01 Å². The van der Waals surface area contributed by atoms with Crippen molar-refractivity contribution >= 4 is 23.4 Å². The second-order valence-corrected chi connectivity index (χ2v) is 6.69. The van der Waals surface area contributed by atoms with Gasteiger partial charge in [-0.15, -0.1) is 0 Å². The molecule has 1 heterocycles. The molecule has 0 radical (unpaired) electrons. The van der Waals surface area contributed by atoms with E-state index < -0.39 is 23.4 Å². The summed E-state index contributed by atoms with van der Waals surface area (Å²) in [5.74, 6) is -1.53. The van der Waals surface area contributed by atoms with Gasteiger partial charge in [-0.05, 0) is 45.7 Å². The third-order valence-corrected chi connectivity index (χ3v) is 3.47. The average molecular weight is 334 g/mol. The molecule has 0 bridgehead atoms. The first-order valence-corrected chi connectivity index (χ1v) is 7.83. The van der Waals surface area contributed by atoms with Gasteiger partial charge in [0.05, 0.1) is 12.0 Å². The van der Waals surface area contributed by atoms with Crippen molar-refractivity contribution in [2.75, 3.05) is 7.05 Å². The molecule has 2 rings (SSSR count). The number of nitrogens with zero attached hydrogens (tertiary/aromatic N) is 2. The minimum Gasteiger partial charge on any atom is -0.461 e. The van der Waals surface area contributed by atoms with Crippen LogP contribution in [0.25, 0.3) is 0 Å². The van der Waals surface area contributed by atoms with Crippen LogP contribution in [0.4, 0.5) is 4.79 Å². The van der Waals surface area contributed by atoms with Gasteiger partial charge in [-0.2, -0.15) is 5.10 Å². The van der Waals surface area contributed by atoms with E-state index in [9.17, 15) is 14.4 Å². The molecule has 1 aromatic rings. The molecule has 130 valence electrons. The van der Waals surface area contributed by atoms with Gasteiger partial charge in [-0.1, -0.05) is 0 Å². The fraction of sp³-hybridized carbons (Fsp3) is 0.529. The molecule has 1 unspecified atom stereocenters. The van der Waals surface area contributed by atoms with Gasteiger partial charge in [0.25, 0.3) is 0 Å². The number of ketones is 2. The predicted molar refractivity (Wildman–Crippen MR) is 86.8 cm³/mol. The van der Waals surface area contributed by atoms with Crippen molar-refractivity contribution in [3.8, 4) is 0 Å². The number of amides is 1. The molecule has 0 N–H and O–H groups in total. The summed E-state index contributed by atoms with van der Waals surface area (Å²) in [6, 6.07) is 3.10. The van der Waals surface area contributed by atoms with Crippen molar-refractivity contribution < 1.29 is 23.5 Å². The highest BCUT2D eigenvalue weighted by Crippen LogP contribution is 2.24. The molecule has 7 heteroatoms. The number of carbonyl (C=O) groups excluding carboxylic acids is 3. The first-order valence-electron chi connectivity index (χ1n) is 7.83. The number of furan rings is 1. The number of ether oxygens (including phenoxy) is 1. The first-order chi connectivity index (χ1) is 11.2. The summed E-state index contributed by atoms with van der Waals surface area (Å²) in [7, 11) is 1.44. The molecular formula is C17H22N2O5. The smallest absolute Gasteiger partial charge is 0.430 e. The Morgan fingerprint density at radius 1 is 1.33 bits per heavy atom. The summed E-state index contributed by atoms with van der Waals surface area (Å²) in [6.45, 7) is 5.25. The van der Waals surface area contributed by atoms with Gasteiger partial charge in [-0.3, -0.25) is 9.59 Å². The number of hydrogen-bond acceptors (Lipinski definition) is 6. The first kappa shape index (κ1) is 17.9. The summed E-state index contributed by atoms with van der Waals surface area (Å²) in [5, 5.41) is 5.20. The summed E-state index contributed by atoms with van der Waals surface area (Å²) in [5.41, 5.74) is -0.293. The summed E-state index contributed by atoms with van der Waals surface area (Å²) in [4.78, 5) is 36.8. The van der Waals surface area contributed by atoms with Crippen molar-refractivity contribution in [2.45, 2.75) is 45.6 Å². The zero-order chi connectivity index (χ0) is 17.9. The van der Waals surface area contributed by atoms with Gasteiger partial charge in [0.2, 0.25) is 5.78 Å². The fourth-order valence-electron chi connectivity index (χ4n) is 2.45. The molecule has 7 nitrogen and oxygen atoms in total. The molecule has 0 spiro atoms. The van der Waals surface area contributed by atoms with Crippen LogP contribution in [0.15, 0.2) is 27.9 Å². The van der Waals surface area contributed by atoms with Crippen molar-refractivity contribution in [3.63, 3.8) is 0 Å². The van der Waals surface area contributed by atoms with E-state index in [1.807, 2.05) is 0 Å². The van der Waals surface area contributed by atoms with E-state index in [2.05, 4.69) is 5.10 Å². The Bertz CT molecular complexity index is 655. The van der Waals surface area contributed by atoms with E-state index in [0.29, 0.717) is 25.0 Å². The number of carbonyl (C=O) groups is 3. The van der Waals surface area contributed by atoms with E-state index in [1.165, 1.54) is 19.4 Å². The molecule has 1 aliphatic carbocycles. The lowest BCUT2D eigenvalue weighted by atomic mass is 9.82. The largest absolute Gasteiger partial charge is 0.461 e. The zero-order valence-corrected chi connectivity index (χ0v) is 14.4. The molecule has 1 saturated carbocycles. The quantitative estimate of drug-likeness (QED) is 0.481. The highest BCUT2D eigenvalue weighted by atomic mass is 16.6. The lowest BCUT2D eigenvalue weighted by Crippen LogP contribution is -2.38. The zero-order valence-electron chi connectivity index (χ0n) is 14.4. The Labute approximate surface area is 140 Å². The molecule has 0 aliphatic heterocycles. The SMILES string of the molecule is CN(/N=C1\CCCC(=O)C1C(=O)c1ccco1)C(=O)OC(C)(C)C. The number of hydrazone groups is 1. The van der Waals surface area contributed by atoms with Crippen LogP contribution in [-0.2, 0) is 9.53 Å². The van der Waals surface area contributed by atoms with Crippen LogP contribution >= 0.6 is 0 Å². The monoisotopic (exact) mass is 334 g/mol. The molecule has 1 atom stereocenters. The minimum atomic E-state index is -1.00. The van der Waals surface area contributed by atoms with Crippen molar-refractivity contribution in [2.24, 2.45) is 11.0 Å². The van der Waals surface area contributed by atoms with E-state index in [-0.39, 0.29) is 11.5 Å². The number of hydrogen-bond donors (Lipinski definition) is 0. The highest BCUT2D eigenvalue weighted by molar-refractivity contribution is 6.25. The third-order valence-electron chi connectivity index (χ3n) is 3.47. The number of rotatable bonds is 3. The molecule has 1 amide bonds. The second-order valence-electron chi connectivity index (χ2n) is 6.69. The van der Waals surface area contributed by atoms with E-state index in [1.54, 1.807) is 26.8 Å². The minimum absolute atomic E-state index is 0.114. The molecule has 0 aromatic carbocycles. The third kappa shape index (κ3) is 4.31. The van der Waals surface area contributed by atoms with Crippen molar-refractivity contribution in [3.05, 3.63) is 24.2 Å². The van der Waals surface area contributed by atoms with E-state index in [4.69, 9.17) is 9.15 Å². The summed E-state index contributed by atoms with van der Waals surface area (Å²) >= 11 is 0. The highest BCUT2D eigenvalue weighted by Gasteiger charge is 2.37. The van der Waals surface area contributed by atoms with Crippen LogP contribution in [0, 0.1) is 5.92 Å². The maximum atomic E-state index is 12.5. The lowest BCUT2D eigenvalue weighted by Gasteiger charge is -2.25. The summed E-state index contributed by atoms with van der Waals surface area (Å²) < 4.78 is 10.3. The Kier molecular flexibility index (Phi) is 5.21. The fourth-order valence-corrected chi connectivity index (χ4v) is 2.45. The molecule has 0 saturated heterocycles. The van der Waals surface area contributed by atoms with Crippen LogP contribution in [0.1, 0.15) is 50.6 Å². The van der Waals surface area contributed by atoms with Crippen LogP contribution in [0.2, 0.25) is 0 Å². The maximum absolute atomic E-state index is 12.5. The Morgan fingerprint density at radius 3 is 2.62 bits per heavy atom. The molecule has 1 aliphatic rings. The average Bonchev–Trinajstić information content (AvgIpc) is 2.99. The topological polar surface area (TPSA) is 89.2 Å². The normalized spacial score (nSPS) is 20.1. The van der Waals surface area contributed by atoms with Crippen LogP contribution < -0.4 is 0 Å². The van der Waals surface area contributed by atoms with Gasteiger partial charge in [0.1, 0.15) is 17.3 Å². The molecular weight excluding hydrogens is 312 g/mol. The predicted octanol–water partition coefficient (Wildman–Crippen LogP) is 3.05. The number of Topliss-reactive ketones (excluding diaryl/α,β-unsaturated/α-hetero) is 2. The molecule has 1 fully saturated rings. The van der Waals surface area contributed by atoms with E-state index in [0.717, 1.165) is 5.01 Å².